The third-order valence-electron chi connectivity index (χ3n) is 5.20. The highest BCUT2D eigenvalue weighted by molar-refractivity contribution is 6.03. The van der Waals surface area contributed by atoms with Crippen LogP contribution in [-0.4, -0.2) is 22.5 Å². The molecule has 148 valence electrons. The van der Waals surface area contributed by atoms with Crippen molar-refractivity contribution in [2.45, 2.75) is 96.1 Å². The first-order valence-corrected chi connectivity index (χ1v) is 10.3. The SMILES string of the molecule is CCCCCCCCCCCCC(N)C(C)(O)C(=O)c1cccc(N)c1. The van der Waals surface area contributed by atoms with Gasteiger partial charge in [0.1, 0.15) is 5.60 Å². The first-order chi connectivity index (χ1) is 12.4. The molecule has 0 saturated heterocycles. The average molecular weight is 363 g/mol. The van der Waals surface area contributed by atoms with E-state index in [1.165, 1.54) is 58.3 Å². The van der Waals surface area contributed by atoms with Crippen molar-refractivity contribution in [3.05, 3.63) is 29.8 Å². The third-order valence-corrected chi connectivity index (χ3v) is 5.20. The van der Waals surface area contributed by atoms with Crippen molar-refractivity contribution in [3.8, 4) is 0 Å². The van der Waals surface area contributed by atoms with Crippen LogP contribution in [0.1, 0.15) is 94.8 Å². The van der Waals surface area contributed by atoms with Gasteiger partial charge in [0.15, 0.2) is 5.78 Å². The molecule has 0 radical (unpaired) electrons. The van der Waals surface area contributed by atoms with E-state index in [4.69, 9.17) is 11.5 Å². The Hall–Kier alpha value is -1.39. The van der Waals surface area contributed by atoms with Crippen LogP contribution in [0.2, 0.25) is 0 Å². The van der Waals surface area contributed by atoms with Gasteiger partial charge in [0, 0.05) is 17.3 Å². The van der Waals surface area contributed by atoms with Crippen molar-refractivity contribution >= 4 is 11.5 Å². The van der Waals surface area contributed by atoms with Crippen LogP contribution in [0.4, 0.5) is 5.69 Å². The Kier molecular flexibility index (Phi) is 10.5. The summed E-state index contributed by atoms with van der Waals surface area (Å²) >= 11 is 0. The summed E-state index contributed by atoms with van der Waals surface area (Å²) in [7, 11) is 0. The molecule has 4 nitrogen and oxygen atoms in total. The number of nitrogen functional groups attached to an aromatic ring is 1. The van der Waals surface area contributed by atoms with Crippen LogP contribution in [-0.2, 0) is 0 Å². The maximum atomic E-state index is 12.6. The van der Waals surface area contributed by atoms with Gasteiger partial charge >= 0.3 is 0 Å². The van der Waals surface area contributed by atoms with E-state index in [-0.39, 0.29) is 5.78 Å². The van der Waals surface area contributed by atoms with Crippen LogP contribution >= 0.6 is 0 Å². The summed E-state index contributed by atoms with van der Waals surface area (Å²) in [6.45, 7) is 3.75. The van der Waals surface area contributed by atoms with Gasteiger partial charge in [0.25, 0.3) is 0 Å². The maximum absolute atomic E-state index is 12.6. The number of ketones is 1. The number of nitrogens with two attached hydrogens (primary N) is 2. The zero-order valence-electron chi connectivity index (χ0n) is 16.7. The Labute approximate surface area is 159 Å². The number of rotatable bonds is 14. The molecule has 0 bridgehead atoms. The first kappa shape index (κ1) is 22.7. The Bertz CT molecular complexity index is 529. The summed E-state index contributed by atoms with van der Waals surface area (Å²) in [5.41, 5.74) is 11.2. The smallest absolute Gasteiger partial charge is 0.195 e. The van der Waals surface area contributed by atoms with E-state index in [0.717, 1.165) is 12.8 Å². The van der Waals surface area contributed by atoms with Crippen LogP contribution in [0.3, 0.4) is 0 Å². The largest absolute Gasteiger partial charge is 0.399 e. The van der Waals surface area contributed by atoms with Gasteiger partial charge < -0.3 is 16.6 Å². The first-order valence-electron chi connectivity index (χ1n) is 10.3. The fraction of sp³-hybridized carbons (Fsp3) is 0.682. The molecule has 1 rings (SSSR count). The Morgan fingerprint density at radius 3 is 2.12 bits per heavy atom. The molecule has 0 fully saturated rings. The third kappa shape index (κ3) is 7.88. The van der Waals surface area contributed by atoms with Gasteiger partial charge in [-0.05, 0) is 25.5 Å². The lowest BCUT2D eigenvalue weighted by atomic mass is 9.85. The topological polar surface area (TPSA) is 89.3 Å². The summed E-state index contributed by atoms with van der Waals surface area (Å²) in [5, 5.41) is 10.6. The van der Waals surface area contributed by atoms with Crippen molar-refractivity contribution in [1.29, 1.82) is 0 Å². The standard InChI is InChI=1S/C22H38N2O2/c1-3-4-5-6-7-8-9-10-11-12-16-20(24)22(2,26)21(25)18-14-13-15-19(23)17-18/h13-15,17,20,26H,3-12,16,23-24H2,1-2H3. The van der Waals surface area contributed by atoms with Gasteiger partial charge in [-0.15, -0.1) is 0 Å². The highest BCUT2D eigenvalue weighted by Crippen LogP contribution is 2.21. The minimum absolute atomic E-state index is 0.357. The molecule has 1 aromatic carbocycles. The number of unbranched alkanes of at least 4 members (excludes halogenated alkanes) is 9. The summed E-state index contributed by atoms with van der Waals surface area (Å²) in [5.74, 6) is -0.357. The second kappa shape index (κ2) is 12.1. The number of hydrogen-bond acceptors (Lipinski definition) is 4. The molecule has 26 heavy (non-hydrogen) atoms. The molecule has 0 saturated carbocycles. The normalized spacial score (nSPS) is 14.8. The average Bonchev–Trinajstić information content (AvgIpc) is 2.62. The van der Waals surface area contributed by atoms with Gasteiger partial charge in [-0.3, -0.25) is 4.79 Å². The zero-order chi connectivity index (χ0) is 19.4. The van der Waals surface area contributed by atoms with E-state index in [1.54, 1.807) is 24.3 Å². The van der Waals surface area contributed by atoms with E-state index in [0.29, 0.717) is 17.7 Å². The maximum Gasteiger partial charge on any atom is 0.195 e. The zero-order valence-corrected chi connectivity index (χ0v) is 16.7. The fourth-order valence-corrected chi connectivity index (χ4v) is 3.27. The number of carbonyl (C=O) groups excluding carboxylic acids is 1. The second-order valence-corrected chi connectivity index (χ2v) is 7.68. The van der Waals surface area contributed by atoms with Crippen LogP contribution in [0.5, 0.6) is 0 Å². The molecule has 0 aromatic heterocycles. The Balaban J connectivity index is 2.25. The number of aliphatic hydroxyl groups is 1. The van der Waals surface area contributed by atoms with Crippen LogP contribution < -0.4 is 11.5 Å². The highest BCUT2D eigenvalue weighted by atomic mass is 16.3. The number of hydrogen-bond donors (Lipinski definition) is 3. The molecular weight excluding hydrogens is 324 g/mol. The molecule has 0 aliphatic heterocycles. The van der Waals surface area contributed by atoms with Gasteiger partial charge in [0.2, 0.25) is 0 Å². The molecule has 0 heterocycles. The van der Waals surface area contributed by atoms with E-state index < -0.39 is 11.6 Å². The molecule has 0 aliphatic carbocycles. The summed E-state index contributed by atoms with van der Waals surface area (Å²) < 4.78 is 0. The molecule has 0 amide bonds. The van der Waals surface area contributed by atoms with Gasteiger partial charge in [-0.2, -0.15) is 0 Å². The Morgan fingerprint density at radius 2 is 1.58 bits per heavy atom. The van der Waals surface area contributed by atoms with Crippen molar-refractivity contribution in [1.82, 2.24) is 0 Å². The number of carbonyl (C=O) groups is 1. The van der Waals surface area contributed by atoms with Gasteiger partial charge in [-0.25, -0.2) is 0 Å². The van der Waals surface area contributed by atoms with Crippen molar-refractivity contribution < 1.29 is 9.90 Å². The second-order valence-electron chi connectivity index (χ2n) is 7.68. The van der Waals surface area contributed by atoms with Crippen molar-refractivity contribution in [3.63, 3.8) is 0 Å². The molecule has 2 atom stereocenters. The van der Waals surface area contributed by atoms with E-state index >= 15 is 0 Å². The predicted octanol–water partition coefficient (Wildman–Crippen LogP) is 4.84. The monoisotopic (exact) mass is 362 g/mol. The molecule has 2 unspecified atom stereocenters. The van der Waals surface area contributed by atoms with Crippen LogP contribution in [0.15, 0.2) is 24.3 Å². The van der Waals surface area contributed by atoms with Crippen molar-refractivity contribution in [2.75, 3.05) is 5.73 Å². The minimum Gasteiger partial charge on any atom is -0.399 e. The Morgan fingerprint density at radius 1 is 1.04 bits per heavy atom. The number of benzene rings is 1. The minimum atomic E-state index is -1.56. The van der Waals surface area contributed by atoms with Crippen molar-refractivity contribution in [2.24, 2.45) is 5.73 Å². The lowest BCUT2D eigenvalue weighted by Crippen LogP contribution is -2.51. The lowest BCUT2D eigenvalue weighted by molar-refractivity contribution is 0.0262. The molecular formula is C22H38N2O2. The highest BCUT2D eigenvalue weighted by Gasteiger charge is 2.37. The van der Waals surface area contributed by atoms with Crippen LogP contribution in [0, 0.1) is 0 Å². The fourth-order valence-electron chi connectivity index (χ4n) is 3.27. The molecule has 4 heteroatoms. The predicted molar refractivity (Wildman–Crippen MR) is 110 cm³/mol. The quantitative estimate of drug-likeness (QED) is 0.251. The van der Waals surface area contributed by atoms with E-state index in [2.05, 4.69) is 6.92 Å². The number of Topliss-reactive ketones (excluding diaryl/α,β-unsaturated/α-hetero) is 1. The molecule has 5 N–H and O–H groups in total. The number of anilines is 1. The lowest BCUT2D eigenvalue weighted by Gasteiger charge is -2.29. The summed E-state index contributed by atoms with van der Waals surface area (Å²) in [6.07, 6.45) is 13.2. The van der Waals surface area contributed by atoms with E-state index in [1.807, 2.05) is 0 Å². The van der Waals surface area contributed by atoms with E-state index in [9.17, 15) is 9.90 Å². The summed E-state index contributed by atoms with van der Waals surface area (Å²) in [6, 6.07) is 6.12. The van der Waals surface area contributed by atoms with Crippen LogP contribution in [0.25, 0.3) is 0 Å². The van der Waals surface area contributed by atoms with Gasteiger partial charge in [-0.1, -0.05) is 83.3 Å². The molecule has 1 aromatic rings. The van der Waals surface area contributed by atoms with Gasteiger partial charge in [0.05, 0.1) is 0 Å². The molecule has 0 aliphatic rings. The summed E-state index contributed by atoms with van der Waals surface area (Å²) in [4.78, 5) is 12.6. The molecule has 0 spiro atoms.